The molecule has 4 rings (SSSR count). The van der Waals surface area contributed by atoms with E-state index in [1.54, 1.807) is 12.1 Å². The van der Waals surface area contributed by atoms with Gasteiger partial charge in [-0.1, -0.05) is 24.3 Å². The molecule has 0 bridgehead atoms. The molecular formula is C21H21N5O2. The van der Waals surface area contributed by atoms with E-state index in [1.807, 2.05) is 37.4 Å². The fourth-order valence-corrected chi connectivity index (χ4v) is 3.80. The summed E-state index contributed by atoms with van der Waals surface area (Å²) in [5, 5.41) is 43.3. The largest absolute Gasteiger partial charge is 0.507 e. The number of likely N-dealkylation sites (N-methyl/N-ethyl adjacent to an activating group) is 1. The molecule has 1 fully saturated rings. The monoisotopic (exact) mass is 375 g/mol. The third-order valence-electron chi connectivity index (χ3n) is 5.02. The first-order valence-electron chi connectivity index (χ1n) is 9.17. The van der Waals surface area contributed by atoms with Gasteiger partial charge in [-0.05, 0) is 31.7 Å². The van der Waals surface area contributed by atoms with E-state index < -0.39 is 0 Å². The summed E-state index contributed by atoms with van der Waals surface area (Å²) in [6.45, 7) is 1.48. The van der Waals surface area contributed by atoms with E-state index in [4.69, 9.17) is 5.26 Å². The minimum atomic E-state index is -0.370. The molecule has 3 aromatic rings. The summed E-state index contributed by atoms with van der Waals surface area (Å²) in [6, 6.07) is 14.6. The maximum atomic E-state index is 10.4. The van der Waals surface area contributed by atoms with Gasteiger partial charge in [0.25, 0.3) is 0 Å². The van der Waals surface area contributed by atoms with Crippen LogP contribution in [0.3, 0.4) is 0 Å². The number of fused-ring (bicyclic) bond motifs is 1. The Morgan fingerprint density at radius 1 is 1.14 bits per heavy atom. The second-order valence-electron chi connectivity index (χ2n) is 7.24. The zero-order chi connectivity index (χ0) is 19.7. The molecule has 0 unspecified atom stereocenters. The van der Waals surface area contributed by atoms with Crippen LogP contribution in [-0.2, 0) is 0 Å². The number of nitrogens with one attached hydrogen (secondary N) is 1. The molecule has 142 valence electrons. The quantitative estimate of drug-likeness (QED) is 0.645. The number of β-amino-alcohol motifs (C(OH)–C–C–N with tert-alkyl or cyclic N) is 1. The highest BCUT2D eigenvalue weighted by Gasteiger charge is 2.25. The first-order chi connectivity index (χ1) is 13.5. The van der Waals surface area contributed by atoms with Gasteiger partial charge in [0.1, 0.15) is 11.4 Å². The maximum absolute atomic E-state index is 10.4. The smallest absolute Gasteiger partial charge is 0.156 e. The standard InChI is InChI=1S/C21H21N5O2/c1-26-11-14(9-15(27)12-26)23-21-17-5-3-2-4-16(17)20(24-25-21)18-7-6-13(10-22)8-19(18)28/h2-8,14-15,27-28H,9,11-12H2,1H3,(H,23,25)/t14-,15+/m1/s1. The lowest BCUT2D eigenvalue weighted by Crippen LogP contribution is -2.46. The zero-order valence-corrected chi connectivity index (χ0v) is 15.5. The highest BCUT2D eigenvalue weighted by Crippen LogP contribution is 2.35. The van der Waals surface area contributed by atoms with E-state index in [9.17, 15) is 10.2 Å². The number of benzene rings is 2. The van der Waals surface area contributed by atoms with Crippen LogP contribution in [0.1, 0.15) is 12.0 Å². The van der Waals surface area contributed by atoms with Crippen molar-refractivity contribution in [3.8, 4) is 23.1 Å². The Labute approximate surface area is 162 Å². The Bertz CT molecular complexity index is 1050. The molecule has 0 aliphatic carbocycles. The van der Waals surface area contributed by atoms with Crippen LogP contribution in [0, 0.1) is 11.3 Å². The Hall–Kier alpha value is -3.21. The number of phenolic OH excluding ortho intramolecular Hbond substituents is 1. The third kappa shape index (κ3) is 3.48. The van der Waals surface area contributed by atoms with Crippen molar-refractivity contribution in [2.24, 2.45) is 0 Å². The minimum absolute atomic E-state index is 0.00348. The molecule has 1 aliphatic heterocycles. The molecular weight excluding hydrogens is 354 g/mol. The zero-order valence-electron chi connectivity index (χ0n) is 15.5. The molecule has 0 saturated carbocycles. The maximum Gasteiger partial charge on any atom is 0.156 e. The second-order valence-corrected chi connectivity index (χ2v) is 7.24. The summed E-state index contributed by atoms with van der Waals surface area (Å²) in [4.78, 5) is 2.09. The number of anilines is 1. The van der Waals surface area contributed by atoms with Crippen molar-refractivity contribution in [2.45, 2.75) is 18.6 Å². The van der Waals surface area contributed by atoms with Crippen LogP contribution in [0.5, 0.6) is 5.75 Å². The Morgan fingerprint density at radius 3 is 2.64 bits per heavy atom. The first-order valence-corrected chi connectivity index (χ1v) is 9.17. The lowest BCUT2D eigenvalue weighted by molar-refractivity contribution is 0.0779. The fourth-order valence-electron chi connectivity index (χ4n) is 3.80. The molecule has 2 aromatic carbocycles. The number of aromatic nitrogens is 2. The predicted molar refractivity (Wildman–Crippen MR) is 107 cm³/mol. The van der Waals surface area contributed by atoms with Crippen molar-refractivity contribution in [1.82, 2.24) is 15.1 Å². The molecule has 1 aromatic heterocycles. The molecule has 7 nitrogen and oxygen atoms in total. The third-order valence-corrected chi connectivity index (χ3v) is 5.02. The minimum Gasteiger partial charge on any atom is -0.507 e. The highest BCUT2D eigenvalue weighted by molar-refractivity contribution is 6.00. The molecule has 0 spiro atoms. The van der Waals surface area contributed by atoms with E-state index in [0.29, 0.717) is 35.6 Å². The van der Waals surface area contributed by atoms with Gasteiger partial charge in [-0.15, -0.1) is 10.2 Å². The van der Waals surface area contributed by atoms with Gasteiger partial charge in [0.2, 0.25) is 0 Å². The van der Waals surface area contributed by atoms with E-state index in [-0.39, 0.29) is 17.9 Å². The van der Waals surface area contributed by atoms with Gasteiger partial charge in [0.05, 0.1) is 17.7 Å². The Balaban J connectivity index is 1.74. The van der Waals surface area contributed by atoms with Crippen molar-refractivity contribution in [2.75, 3.05) is 25.5 Å². The normalized spacial score (nSPS) is 20.0. The van der Waals surface area contributed by atoms with Gasteiger partial charge >= 0.3 is 0 Å². The van der Waals surface area contributed by atoms with E-state index in [2.05, 4.69) is 20.4 Å². The number of likely N-dealkylation sites (tertiary alicyclic amines) is 1. The molecule has 0 amide bonds. The average molecular weight is 375 g/mol. The molecule has 7 heteroatoms. The first kappa shape index (κ1) is 18.2. The summed E-state index contributed by atoms with van der Waals surface area (Å²) >= 11 is 0. The van der Waals surface area contributed by atoms with Crippen LogP contribution < -0.4 is 5.32 Å². The topological polar surface area (TPSA) is 105 Å². The number of aliphatic hydroxyl groups is 1. The van der Waals surface area contributed by atoms with Gasteiger partial charge in [-0.25, -0.2) is 0 Å². The highest BCUT2D eigenvalue weighted by atomic mass is 16.3. The molecule has 3 N–H and O–H groups in total. The number of piperidine rings is 1. The van der Waals surface area contributed by atoms with Crippen molar-refractivity contribution < 1.29 is 10.2 Å². The van der Waals surface area contributed by atoms with Crippen molar-refractivity contribution in [3.05, 3.63) is 48.0 Å². The summed E-state index contributed by atoms with van der Waals surface area (Å²) in [6.07, 6.45) is 0.281. The van der Waals surface area contributed by atoms with Crippen LogP contribution in [0.2, 0.25) is 0 Å². The number of rotatable bonds is 3. The molecule has 2 heterocycles. The van der Waals surface area contributed by atoms with E-state index in [0.717, 1.165) is 17.3 Å². The number of hydrogen-bond donors (Lipinski definition) is 3. The number of nitriles is 1. The van der Waals surface area contributed by atoms with Crippen LogP contribution in [0.4, 0.5) is 5.82 Å². The SMILES string of the molecule is CN1C[C@@H](O)C[C@@H](Nc2nnc(-c3ccc(C#N)cc3O)c3ccccc23)C1. The summed E-state index contributed by atoms with van der Waals surface area (Å²) in [7, 11) is 1.98. The molecule has 1 saturated heterocycles. The van der Waals surface area contributed by atoms with Crippen LogP contribution >= 0.6 is 0 Å². The number of nitrogens with zero attached hydrogens (tertiary/aromatic N) is 4. The van der Waals surface area contributed by atoms with Gasteiger partial charge in [-0.2, -0.15) is 5.26 Å². The van der Waals surface area contributed by atoms with Crippen molar-refractivity contribution in [1.29, 1.82) is 5.26 Å². The van der Waals surface area contributed by atoms with Gasteiger partial charge < -0.3 is 20.4 Å². The summed E-state index contributed by atoms with van der Waals surface area (Å²) < 4.78 is 0. The molecule has 0 radical (unpaired) electrons. The number of aromatic hydroxyl groups is 1. The number of hydrogen-bond acceptors (Lipinski definition) is 7. The van der Waals surface area contributed by atoms with Crippen LogP contribution in [0.15, 0.2) is 42.5 Å². The second kappa shape index (κ2) is 7.43. The predicted octanol–water partition coefficient (Wildman–Crippen LogP) is 2.35. The molecule has 2 atom stereocenters. The lowest BCUT2D eigenvalue weighted by atomic mass is 10.0. The summed E-state index contributed by atoms with van der Waals surface area (Å²) in [5.41, 5.74) is 1.47. The summed E-state index contributed by atoms with van der Waals surface area (Å²) in [5.74, 6) is 0.649. The van der Waals surface area contributed by atoms with E-state index >= 15 is 0 Å². The average Bonchev–Trinajstić information content (AvgIpc) is 2.68. The Kier molecular flexibility index (Phi) is 4.82. The number of aliphatic hydroxyl groups excluding tert-OH is 1. The van der Waals surface area contributed by atoms with E-state index in [1.165, 1.54) is 6.07 Å². The van der Waals surface area contributed by atoms with Gasteiger partial charge in [0, 0.05) is 35.5 Å². The van der Waals surface area contributed by atoms with Crippen LogP contribution in [0.25, 0.3) is 22.0 Å². The van der Waals surface area contributed by atoms with Crippen molar-refractivity contribution >= 4 is 16.6 Å². The van der Waals surface area contributed by atoms with Gasteiger partial charge in [-0.3, -0.25) is 0 Å². The lowest BCUT2D eigenvalue weighted by Gasteiger charge is -2.33. The Morgan fingerprint density at radius 2 is 1.93 bits per heavy atom. The molecule has 1 aliphatic rings. The molecule has 28 heavy (non-hydrogen) atoms. The van der Waals surface area contributed by atoms with Crippen molar-refractivity contribution in [3.63, 3.8) is 0 Å². The number of phenols is 1. The van der Waals surface area contributed by atoms with Gasteiger partial charge in [0.15, 0.2) is 5.82 Å². The fraction of sp³-hybridized carbons (Fsp3) is 0.286. The van der Waals surface area contributed by atoms with Crippen LogP contribution in [-0.4, -0.2) is 57.6 Å².